The molecule has 2 aromatic carbocycles. The van der Waals surface area contributed by atoms with E-state index in [0.29, 0.717) is 24.0 Å². The largest absolute Gasteiger partial charge is 0.497 e. The number of nitrogens with one attached hydrogen (secondary N) is 1. The van der Waals surface area contributed by atoms with Crippen molar-refractivity contribution in [2.75, 3.05) is 19.0 Å². The van der Waals surface area contributed by atoms with Crippen LogP contribution in [0.3, 0.4) is 0 Å². The first-order valence-electron chi connectivity index (χ1n) is 10.6. The molecule has 0 spiro atoms. The van der Waals surface area contributed by atoms with Crippen molar-refractivity contribution >= 4 is 33.3 Å². The molecule has 0 fully saturated rings. The molecule has 0 saturated carbocycles. The number of fused-ring (bicyclic) bond motifs is 2. The molecule has 0 unspecified atom stereocenters. The molecule has 8 heteroatoms. The van der Waals surface area contributed by atoms with E-state index >= 15 is 0 Å². The van der Waals surface area contributed by atoms with Gasteiger partial charge in [-0.15, -0.1) is 0 Å². The lowest BCUT2D eigenvalue weighted by Crippen LogP contribution is -2.25. The maximum absolute atomic E-state index is 12.8. The first kappa shape index (κ1) is 20.5. The van der Waals surface area contributed by atoms with Crippen molar-refractivity contribution in [1.82, 2.24) is 14.8 Å². The van der Waals surface area contributed by atoms with Crippen LogP contribution in [0.5, 0.6) is 11.5 Å². The Bertz CT molecular complexity index is 1310. The van der Waals surface area contributed by atoms with Gasteiger partial charge in [-0.05, 0) is 37.6 Å². The Balaban J connectivity index is 1.62. The summed E-state index contributed by atoms with van der Waals surface area (Å²) in [4.78, 5) is 17.5. The summed E-state index contributed by atoms with van der Waals surface area (Å²) in [6.45, 7) is 4.69. The fourth-order valence-electron chi connectivity index (χ4n) is 4.17. The van der Waals surface area contributed by atoms with Gasteiger partial charge in [0, 0.05) is 23.5 Å². The molecule has 2 aromatic heterocycles. The number of hydrogen-bond donors (Lipinski definition) is 1. The number of aryl methyl sites for hydroxylation is 1. The van der Waals surface area contributed by atoms with Gasteiger partial charge < -0.3 is 14.8 Å². The summed E-state index contributed by atoms with van der Waals surface area (Å²) >= 11 is 1.51. The van der Waals surface area contributed by atoms with Crippen LogP contribution >= 0.6 is 11.3 Å². The molecule has 1 aliphatic heterocycles. The van der Waals surface area contributed by atoms with E-state index in [1.165, 1.54) is 11.3 Å². The summed E-state index contributed by atoms with van der Waals surface area (Å²) in [5.41, 5.74) is 3.75. The van der Waals surface area contributed by atoms with Crippen molar-refractivity contribution < 1.29 is 14.3 Å². The Morgan fingerprint density at radius 2 is 2.09 bits per heavy atom. The molecule has 164 valence electrons. The zero-order valence-corrected chi connectivity index (χ0v) is 19.0. The van der Waals surface area contributed by atoms with Crippen LogP contribution in [0, 0.1) is 6.92 Å². The third-order valence-corrected chi connectivity index (χ3v) is 6.62. The summed E-state index contributed by atoms with van der Waals surface area (Å²) in [5, 5.41) is 8.52. The van der Waals surface area contributed by atoms with E-state index in [1.54, 1.807) is 11.8 Å². The average molecular weight is 449 g/mol. The van der Waals surface area contributed by atoms with Crippen molar-refractivity contribution in [2.24, 2.45) is 0 Å². The lowest BCUT2D eigenvalue weighted by molar-refractivity contribution is -0.116. The number of rotatable bonds is 6. The van der Waals surface area contributed by atoms with Crippen LogP contribution < -0.4 is 14.8 Å². The monoisotopic (exact) mass is 448 g/mol. The van der Waals surface area contributed by atoms with Gasteiger partial charge in [0.1, 0.15) is 17.3 Å². The summed E-state index contributed by atoms with van der Waals surface area (Å²) in [7, 11) is 1.65. The molecule has 0 radical (unpaired) electrons. The highest BCUT2D eigenvalue weighted by atomic mass is 32.1. The molecular weight excluding hydrogens is 424 g/mol. The highest BCUT2D eigenvalue weighted by Gasteiger charge is 2.34. The van der Waals surface area contributed by atoms with Gasteiger partial charge in [0.05, 0.1) is 29.6 Å². The molecule has 7 nitrogen and oxygen atoms in total. The second-order valence-electron chi connectivity index (χ2n) is 7.78. The maximum atomic E-state index is 12.8. The van der Waals surface area contributed by atoms with Crippen molar-refractivity contribution in [1.29, 1.82) is 0 Å². The zero-order valence-electron chi connectivity index (χ0n) is 18.2. The fraction of sp³-hybridized carbons (Fsp3) is 0.292. The summed E-state index contributed by atoms with van der Waals surface area (Å²) in [5.74, 6) is 2.11. The molecule has 1 atom stereocenters. The first-order valence-corrected chi connectivity index (χ1v) is 11.5. The van der Waals surface area contributed by atoms with Crippen LogP contribution in [-0.2, 0) is 4.79 Å². The molecule has 3 heterocycles. The van der Waals surface area contributed by atoms with Crippen LogP contribution in [0.15, 0.2) is 42.5 Å². The van der Waals surface area contributed by atoms with Gasteiger partial charge in [-0.25, -0.2) is 4.98 Å². The summed E-state index contributed by atoms with van der Waals surface area (Å²) in [6.07, 6.45) is 1.27. The van der Waals surface area contributed by atoms with Crippen molar-refractivity contribution in [2.45, 2.75) is 32.6 Å². The minimum atomic E-state index is -0.130. The first-order chi connectivity index (χ1) is 15.6. The van der Waals surface area contributed by atoms with Crippen LogP contribution in [0.25, 0.3) is 15.3 Å². The second-order valence-corrected chi connectivity index (χ2v) is 8.79. The van der Waals surface area contributed by atoms with Crippen molar-refractivity contribution in [3.05, 3.63) is 59.3 Å². The summed E-state index contributed by atoms with van der Waals surface area (Å²) in [6, 6.07) is 13.7. The van der Waals surface area contributed by atoms with Crippen molar-refractivity contribution in [3.63, 3.8) is 0 Å². The van der Waals surface area contributed by atoms with Crippen LogP contribution in [0.2, 0.25) is 0 Å². The average Bonchev–Trinajstić information content (AvgIpc) is 3.37. The Labute approximate surface area is 190 Å². The van der Waals surface area contributed by atoms with E-state index in [9.17, 15) is 4.79 Å². The lowest BCUT2D eigenvalue weighted by Gasteiger charge is -2.25. The number of carbonyl (C=O) groups is 1. The molecule has 1 aliphatic rings. The number of nitrogens with zero attached hydrogens (tertiary/aromatic N) is 3. The SMILES string of the molecule is CCCOc1ccccc1[C@H]1CC(=O)Nc2c1c(C)nn2-c1nc2ccc(OC)cc2s1. The number of ether oxygens (including phenoxy) is 2. The lowest BCUT2D eigenvalue weighted by atomic mass is 9.85. The summed E-state index contributed by atoms with van der Waals surface area (Å²) < 4.78 is 14.1. The van der Waals surface area contributed by atoms with Gasteiger partial charge in [-0.3, -0.25) is 4.79 Å². The fourth-order valence-corrected chi connectivity index (χ4v) is 5.13. The molecule has 0 bridgehead atoms. The molecule has 4 aromatic rings. The number of anilines is 1. The van der Waals surface area contributed by atoms with Gasteiger partial charge in [0.25, 0.3) is 0 Å². The second kappa shape index (κ2) is 8.27. The smallest absolute Gasteiger partial charge is 0.226 e. The molecule has 1 amide bonds. The Hall–Kier alpha value is -3.39. The zero-order chi connectivity index (χ0) is 22.2. The van der Waals surface area contributed by atoms with Gasteiger partial charge in [0.15, 0.2) is 0 Å². The number of hydrogen-bond acceptors (Lipinski definition) is 6. The van der Waals surface area contributed by atoms with Crippen LogP contribution in [0.1, 0.15) is 42.5 Å². The standard InChI is InChI=1S/C24H24N4O3S/c1-4-11-31-19-8-6-5-7-16(19)17-13-21(29)26-23-22(17)14(2)27-28(23)24-25-18-10-9-15(30-3)12-20(18)32-24/h5-10,12,17H,4,11,13H2,1-3H3,(H,26,29)/t17-/m1/s1. The van der Waals surface area contributed by atoms with Gasteiger partial charge in [0.2, 0.25) is 11.0 Å². The maximum Gasteiger partial charge on any atom is 0.226 e. The van der Waals surface area contributed by atoms with E-state index in [1.807, 2.05) is 49.4 Å². The van der Waals surface area contributed by atoms with Gasteiger partial charge >= 0.3 is 0 Å². The molecule has 0 aliphatic carbocycles. The van der Waals surface area contributed by atoms with E-state index in [-0.39, 0.29) is 11.8 Å². The number of para-hydroxylation sites is 1. The van der Waals surface area contributed by atoms with E-state index < -0.39 is 0 Å². The third kappa shape index (κ3) is 3.50. The number of amides is 1. The molecular formula is C24H24N4O3S. The van der Waals surface area contributed by atoms with Gasteiger partial charge in [-0.1, -0.05) is 36.5 Å². The Morgan fingerprint density at radius 3 is 2.91 bits per heavy atom. The number of methoxy groups -OCH3 is 1. The van der Waals surface area contributed by atoms with E-state index in [0.717, 1.165) is 45.0 Å². The number of carbonyl (C=O) groups excluding carboxylic acids is 1. The minimum absolute atomic E-state index is 0.0447. The minimum Gasteiger partial charge on any atom is -0.497 e. The highest BCUT2D eigenvalue weighted by molar-refractivity contribution is 7.20. The molecule has 1 N–H and O–H groups in total. The van der Waals surface area contributed by atoms with Gasteiger partial charge in [-0.2, -0.15) is 9.78 Å². The molecule has 5 rings (SSSR count). The number of thiazole rings is 1. The number of benzene rings is 2. The van der Waals surface area contributed by atoms with Crippen molar-refractivity contribution in [3.8, 4) is 16.6 Å². The molecule has 32 heavy (non-hydrogen) atoms. The van der Waals surface area contributed by atoms with E-state index in [4.69, 9.17) is 19.6 Å². The molecule has 0 saturated heterocycles. The Morgan fingerprint density at radius 1 is 1.25 bits per heavy atom. The Kier molecular flexibility index (Phi) is 5.30. The van der Waals surface area contributed by atoms with Crippen LogP contribution in [0.4, 0.5) is 5.82 Å². The highest BCUT2D eigenvalue weighted by Crippen LogP contribution is 2.43. The normalized spacial score (nSPS) is 15.5. The number of aromatic nitrogens is 3. The van der Waals surface area contributed by atoms with E-state index in [2.05, 4.69) is 12.2 Å². The van der Waals surface area contributed by atoms with Crippen LogP contribution in [-0.4, -0.2) is 34.4 Å². The topological polar surface area (TPSA) is 78.3 Å². The third-order valence-electron chi connectivity index (χ3n) is 5.62. The quantitative estimate of drug-likeness (QED) is 0.446. The predicted octanol–water partition coefficient (Wildman–Crippen LogP) is 5.06. The predicted molar refractivity (Wildman–Crippen MR) is 125 cm³/mol.